The number of imidazole rings is 1. The van der Waals surface area contributed by atoms with Crippen molar-refractivity contribution >= 4 is 33.5 Å². The van der Waals surface area contributed by atoms with Gasteiger partial charge in [-0.1, -0.05) is 29.8 Å². The number of thiazole rings is 1. The Morgan fingerprint density at radius 3 is 2.79 bits per heavy atom. The molecule has 0 aliphatic heterocycles. The van der Waals surface area contributed by atoms with Crippen LogP contribution in [0.2, 0.25) is 0 Å². The van der Waals surface area contributed by atoms with Gasteiger partial charge >= 0.3 is 0 Å². The fourth-order valence-electron chi connectivity index (χ4n) is 3.11. The van der Waals surface area contributed by atoms with Crippen molar-refractivity contribution in [3.05, 3.63) is 71.1 Å². The molecular formula is C21H21N5OS. The number of hydrogen-bond donors (Lipinski definition) is 1. The van der Waals surface area contributed by atoms with Crippen LogP contribution in [0.4, 0.5) is 5.13 Å². The third-order valence-electron chi connectivity index (χ3n) is 4.53. The number of anilines is 1. The molecule has 1 N–H and O–H groups in total. The maximum atomic E-state index is 12.1. The summed E-state index contributed by atoms with van der Waals surface area (Å²) >= 11 is 1.42. The fourth-order valence-corrected chi connectivity index (χ4v) is 3.66. The summed E-state index contributed by atoms with van der Waals surface area (Å²) in [5.41, 5.74) is 4.21. The van der Waals surface area contributed by atoms with E-state index in [1.807, 2.05) is 17.5 Å². The monoisotopic (exact) mass is 391 g/mol. The predicted molar refractivity (Wildman–Crippen MR) is 111 cm³/mol. The number of aryl methyl sites for hydroxylation is 2. The number of nitrogens with zero attached hydrogens (tertiary/aromatic N) is 4. The van der Waals surface area contributed by atoms with Gasteiger partial charge in [0, 0.05) is 30.6 Å². The van der Waals surface area contributed by atoms with E-state index in [1.54, 1.807) is 12.4 Å². The number of carbonyl (C=O) groups is 1. The minimum absolute atomic E-state index is 0.0192. The molecule has 0 bridgehead atoms. The molecule has 0 saturated carbocycles. The van der Waals surface area contributed by atoms with Crippen molar-refractivity contribution < 1.29 is 4.79 Å². The number of aromatic nitrogens is 4. The molecule has 7 heteroatoms. The summed E-state index contributed by atoms with van der Waals surface area (Å²) in [6.07, 6.45) is 5.34. The fraction of sp³-hybridized carbons (Fsp3) is 0.238. The Morgan fingerprint density at radius 1 is 1.14 bits per heavy atom. The molecule has 3 heterocycles. The second kappa shape index (κ2) is 8.31. The van der Waals surface area contributed by atoms with Gasteiger partial charge in [0.15, 0.2) is 10.8 Å². The molecule has 0 fully saturated rings. The molecule has 0 radical (unpaired) electrons. The number of amides is 1. The molecule has 0 aliphatic carbocycles. The summed E-state index contributed by atoms with van der Waals surface area (Å²) in [4.78, 5) is 25.5. The van der Waals surface area contributed by atoms with Gasteiger partial charge in [-0.15, -0.1) is 11.3 Å². The van der Waals surface area contributed by atoms with Crippen molar-refractivity contribution in [1.29, 1.82) is 0 Å². The molecule has 3 aromatic heterocycles. The molecule has 1 amide bonds. The van der Waals surface area contributed by atoms with Crippen LogP contribution in [-0.2, 0) is 17.8 Å². The Morgan fingerprint density at radius 2 is 2.00 bits per heavy atom. The van der Waals surface area contributed by atoms with Crippen molar-refractivity contribution in [3.63, 3.8) is 0 Å². The highest BCUT2D eigenvalue weighted by atomic mass is 32.1. The van der Waals surface area contributed by atoms with Crippen LogP contribution in [-0.4, -0.2) is 25.4 Å². The normalized spacial score (nSPS) is 11.0. The zero-order valence-corrected chi connectivity index (χ0v) is 16.4. The third kappa shape index (κ3) is 4.26. The first-order chi connectivity index (χ1) is 13.7. The molecule has 0 saturated heterocycles. The van der Waals surface area contributed by atoms with Crippen molar-refractivity contribution in [1.82, 2.24) is 19.5 Å². The highest BCUT2D eigenvalue weighted by molar-refractivity contribution is 7.13. The highest BCUT2D eigenvalue weighted by Crippen LogP contribution is 2.18. The van der Waals surface area contributed by atoms with Crippen LogP contribution in [0.25, 0.3) is 11.2 Å². The smallest absolute Gasteiger partial charge is 0.226 e. The lowest BCUT2D eigenvalue weighted by atomic mass is 10.1. The molecule has 142 valence electrons. The Hall–Kier alpha value is -3.06. The van der Waals surface area contributed by atoms with Gasteiger partial charge in [0.1, 0.15) is 11.3 Å². The summed E-state index contributed by atoms with van der Waals surface area (Å²) in [6, 6.07) is 12.4. The lowest BCUT2D eigenvalue weighted by Crippen LogP contribution is -2.12. The van der Waals surface area contributed by atoms with E-state index >= 15 is 0 Å². The summed E-state index contributed by atoms with van der Waals surface area (Å²) in [7, 11) is 0. The maximum Gasteiger partial charge on any atom is 0.226 e. The average molecular weight is 392 g/mol. The first kappa shape index (κ1) is 18.3. The minimum atomic E-state index is -0.0192. The van der Waals surface area contributed by atoms with Gasteiger partial charge < -0.3 is 9.88 Å². The second-order valence-electron chi connectivity index (χ2n) is 6.68. The highest BCUT2D eigenvalue weighted by Gasteiger charge is 2.13. The number of benzene rings is 1. The van der Waals surface area contributed by atoms with Gasteiger partial charge in [-0.2, -0.15) is 0 Å². The van der Waals surface area contributed by atoms with Crippen LogP contribution in [0.5, 0.6) is 0 Å². The summed E-state index contributed by atoms with van der Waals surface area (Å²) < 4.78 is 2.15. The van der Waals surface area contributed by atoms with Crippen LogP contribution < -0.4 is 5.32 Å². The Bertz CT molecular complexity index is 1070. The molecule has 4 rings (SSSR count). The summed E-state index contributed by atoms with van der Waals surface area (Å²) in [6.45, 7) is 2.80. The summed E-state index contributed by atoms with van der Waals surface area (Å²) in [5, 5.41) is 5.31. The van der Waals surface area contributed by atoms with E-state index in [1.165, 1.54) is 22.5 Å². The van der Waals surface area contributed by atoms with Crippen molar-refractivity contribution in [2.75, 3.05) is 5.32 Å². The maximum absolute atomic E-state index is 12.1. The Labute approximate surface area is 167 Å². The van der Waals surface area contributed by atoms with Gasteiger partial charge in [-0.05, 0) is 31.0 Å². The lowest BCUT2D eigenvalue weighted by Gasteiger charge is -2.09. The Kier molecular flexibility index (Phi) is 5.43. The molecule has 28 heavy (non-hydrogen) atoms. The van der Waals surface area contributed by atoms with Crippen LogP contribution in [0, 0.1) is 6.92 Å². The average Bonchev–Trinajstić information content (AvgIpc) is 3.32. The van der Waals surface area contributed by atoms with E-state index in [-0.39, 0.29) is 5.91 Å². The van der Waals surface area contributed by atoms with Gasteiger partial charge in [0.25, 0.3) is 0 Å². The van der Waals surface area contributed by atoms with Crippen LogP contribution >= 0.6 is 11.3 Å². The van der Waals surface area contributed by atoms with Crippen molar-refractivity contribution in [3.8, 4) is 0 Å². The molecule has 0 spiro atoms. The first-order valence-electron chi connectivity index (χ1n) is 9.24. The Balaban J connectivity index is 1.48. The van der Waals surface area contributed by atoms with E-state index in [4.69, 9.17) is 4.98 Å². The number of rotatable bonds is 7. The van der Waals surface area contributed by atoms with Crippen LogP contribution in [0.3, 0.4) is 0 Å². The lowest BCUT2D eigenvalue weighted by molar-refractivity contribution is -0.116. The van der Waals surface area contributed by atoms with Gasteiger partial charge in [-0.3, -0.25) is 4.79 Å². The quantitative estimate of drug-likeness (QED) is 0.512. The van der Waals surface area contributed by atoms with Gasteiger partial charge in [0.2, 0.25) is 5.91 Å². The molecule has 0 unspecified atom stereocenters. The van der Waals surface area contributed by atoms with E-state index in [9.17, 15) is 4.79 Å². The molecule has 0 atom stereocenters. The van der Waals surface area contributed by atoms with E-state index in [0.717, 1.165) is 17.0 Å². The number of carbonyl (C=O) groups excluding carboxylic acids is 1. The predicted octanol–water partition coefficient (Wildman–Crippen LogP) is 4.21. The molecule has 1 aromatic carbocycles. The van der Waals surface area contributed by atoms with E-state index in [0.29, 0.717) is 30.9 Å². The zero-order chi connectivity index (χ0) is 19.3. The molecule has 4 aromatic rings. The van der Waals surface area contributed by atoms with Gasteiger partial charge in [0.05, 0.1) is 6.54 Å². The third-order valence-corrected chi connectivity index (χ3v) is 5.22. The minimum Gasteiger partial charge on any atom is -0.308 e. The number of pyridine rings is 1. The standard InChI is InChI=1S/C21H21N5OS/c1-15-7-9-16(10-8-15)14-26-18(24-17-4-3-11-22-20(17)26)5-2-6-19(27)25-21-23-12-13-28-21/h3-4,7-13H,2,5-6,14H2,1H3,(H,23,25,27). The van der Waals surface area contributed by atoms with E-state index in [2.05, 4.69) is 51.0 Å². The molecule has 0 aliphatic rings. The van der Waals surface area contributed by atoms with Gasteiger partial charge in [-0.25, -0.2) is 15.0 Å². The summed E-state index contributed by atoms with van der Waals surface area (Å²) in [5.74, 6) is 0.936. The topological polar surface area (TPSA) is 72.7 Å². The zero-order valence-electron chi connectivity index (χ0n) is 15.6. The van der Waals surface area contributed by atoms with Crippen LogP contribution in [0.15, 0.2) is 54.2 Å². The molecular weight excluding hydrogens is 370 g/mol. The van der Waals surface area contributed by atoms with Crippen molar-refractivity contribution in [2.45, 2.75) is 32.7 Å². The van der Waals surface area contributed by atoms with Crippen LogP contribution in [0.1, 0.15) is 29.8 Å². The van der Waals surface area contributed by atoms with E-state index < -0.39 is 0 Å². The number of hydrogen-bond acceptors (Lipinski definition) is 5. The number of nitrogens with one attached hydrogen (secondary N) is 1. The second-order valence-corrected chi connectivity index (χ2v) is 7.58. The molecule has 6 nitrogen and oxygen atoms in total. The first-order valence-corrected chi connectivity index (χ1v) is 10.1. The SMILES string of the molecule is Cc1ccc(Cn2c(CCCC(=O)Nc3nccs3)nc3cccnc32)cc1. The van der Waals surface area contributed by atoms with Crippen molar-refractivity contribution in [2.24, 2.45) is 0 Å². The number of fused-ring (bicyclic) bond motifs is 1. The largest absolute Gasteiger partial charge is 0.308 e.